The first-order chi connectivity index (χ1) is 13.1. The Morgan fingerprint density at radius 3 is 2.33 bits per heavy atom. The summed E-state index contributed by atoms with van der Waals surface area (Å²) < 4.78 is 5.83. The molecule has 27 heavy (non-hydrogen) atoms. The van der Waals surface area contributed by atoms with Crippen LogP contribution in [-0.4, -0.2) is 54.0 Å². The molecule has 0 radical (unpaired) electrons. The smallest absolute Gasteiger partial charge is 0.191 e. The molecule has 2 rings (SSSR count). The predicted molar refractivity (Wildman–Crippen MR) is 106 cm³/mol. The van der Waals surface area contributed by atoms with E-state index >= 15 is 0 Å². The summed E-state index contributed by atoms with van der Waals surface area (Å²) in [5, 5.41) is 22.2. The minimum Gasteiger partial charge on any atom is -0.396 e. The normalized spacial score (nSPS) is 14.5. The lowest BCUT2D eigenvalue weighted by molar-refractivity contribution is -0.00247. The molecule has 0 aromatic heterocycles. The van der Waals surface area contributed by atoms with Crippen molar-refractivity contribution in [1.82, 2.24) is 5.32 Å². The van der Waals surface area contributed by atoms with Crippen molar-refractivity contribution in [1.29, 1.82) is 0 Å². The van der Waals surface area contributed by atoms with Crippen molar-refractivity contribution in [2.24, 2.45) is 0 Å². The third kappa shape index (κ3) is 7.61. The van der Waals surface area contributed by atoms with Crippen molar-refractivity contribution in [3.63, 3.8) is 0 Å². The van der Waals surface area contributed by atoms with Crippen molar-refractivity contribution >= 4 is 5.78 Å². The zero-order valence-corrected chi connectivity index (χ0v) is 15.8. The number of benzene rings is 2. The molecule has 3 N–H and O–H groups in total. The van der Waals surface area contributed by atoms with Gasteiger partial charge in [-0.3, -0.25) is 4.79 Å². The van der Waals surface area contributed by atoms with Gasteiger partial charge >= 0.3 is 0 Å². The van der Waals surface area contributed by atoms with Gasteiger partial charge in [0.25, 0.3) is 0 Å². The Kier molecular flexibility index (Phi) is 9.15. The number of ketones is 1. The summed E-state index contributed by atoms with van der Waals surface area (Å²) in [4.78, 5) is 12.9. The van der Waals surface area contributed by atoms with Gasteiger partial charge in [0.15, 0.2) is 5.78 Å². The number of carbonyl (C=O) groups is 1. The molecule has 2 aromatic rings. The number of hydrogen-bond acceptors (Lipinski definition) is 5. The van der Waals surface area contributed by atoms with Gasteiger partial charge in [-0.15, -0.1) is 0 Å². The van der Waals surface area contributed by atoms with E-state index in [0.29, 0.717) is 24.9 Å². The van der Waals surface area contributed by atoms with Gasteiger partial charge in [0, 0.05) is 31.2 Å². The van der Waals surface area contributed by atoms with Crippen LogP contribution in [0.3, 0.4) is 0 Å². The quantitative estimate of drug-likeness (QED) is 0.499. The van der Waals surface area contributed by atoms with Crippen LogP contribution in [0, 0.1) is 0 Å². The molecule has 0 fully saturated rings. The van der Waals surface area contributed by atoms with Crippen LogP contribution in [0.4, 0.5) is 0 Å². The zero-order valence-electron chi connectivity index (χ0n) is 15.8. The zero-order chi connectivity index (χ0) is 19.5. The Labute approximate surface area is 161 Å². The second kappa shape index (κ2) is 11.6. The van der Waals surface area contributed by atoms with E-state index in [1.54, 1.807) is 12.1 Å². The number of ether oxygens (including phenoxy) is 1. The van der Waals surface area contributed by atoms with E-state index in [1.807, 2.05) is 55.5 Å². The molecule has 0 spiro atoms. The first kappa shape index (κ1) is 21.3. The van der Waals surface area contributed by atoms with Crippen LogP contribution < -0.4 is 5.32 Å². The first-order valence-corrected chi connectivity index (χ1v) is 9.37. The third-order valence-electron chi connectivity index (χ3n) is 4.37. The molecule has 146 valence electrons. The van der Waals surface area contributed by atoms with Gasteiger partial charge in [-0.05, 0) is 18.9 Å². The lowest BCUT2D eigenvalue weighted by Crippen LogP contribution is -2.38. The van der Waals surface area contributed by atoms with E-state index in [2.05, 4.69) is 5.32 Å². The van der Waals surface area contributed by atoms with Crippen LogP contribution in [0.15, 0.2) is 60.7 Å². The topological polar surface area (TPSA) is 78.8 Å². The maximum atomic E-state index is 12.9. The lowest BCUT2D eigenvalue weighted by Gasteiger charge is -2.21. The molecule has 0 aliphatic heterocycles. The minimum absolute atomic E-state index is 0.0644. The van der Waals surface area contributed by atoms with Crippen molar-refractivity contribution in [3.8, 4) is 0 Å². The first-order valence-electron chi connectivity index (χ1n) is 9.37. The largest absolute Gasteiger partial charge is 0.396 e. The molecule has 0 aliphatic rings. The second-order valence-corrected chi connectivity index (χ2v) is 6.72. The number of carbonyl (C=O) groups excluding carboxylic acids is 1. The molecular weight excluding hydrogens is 342 g/mol. The van der Waals surface area contributed by atoms with E-state index in [9.17, 15) is 9.90 Å². The number of nitrogens with one attached hydrogen (secondary N) is 1. The van der Waals surface area contributed by atoms with Gasteiger partial charge in [0.1, 0.15) is 6.10 Å². The molecule has 0 saturated heterocycles. The molecule has 2 aromatic carbocycles. The van der Waals surface area contributed by atoms with Crippen LogP contribution in [0.5, 0.6) is 0 Å². The van der Waals surface area contributed by atoms with Crippen molar-refractivity contribution in [2.75, 3.05) is 19.8 Å². The SMILES string of the molecule is CC(CCO)NCC(O)COC(Cc1ccccc1)C(=O)c1ccccc1. The van der Waals surface area contributed by atoms with Gasteiger partial charge in [0.05, 0.1) is 12.7 Å². The van der Waals surface area contributed by atoms with Gasteiger partial charge in [-0.25, -0.2) is 0 Å². The Morgan fingerprint density at radius 2 is 1.70 bits per heavy atom. The van der Waals surface area contributed by atoms with Crippen LogP contribution in [0.2, 0.25) is 0 Å². The van der Waals surface area contributed by atoms with E-state index in [4.69, 9.17) is 9.84 Å². The second-order valence-electron chi connectivity index (χ2n) is 6.72. The molecule has 3 unspecified atom stereocenters. The van der Waals surface area contributed by atoms with Crippen molar-refractivity contribution in [3.05, 3.63) is 71.8 Å². The molecule has 5 heteroatoms. The van der Waals surface area contributed by atoms with E-state index in [1.165, 1.54) is 0 Å². The van der Waals surface area contributed by atoms with E-state index in [-0.39, 0.29) is 25.0 Å². The van der Waals surface area contributed by atoms with Crippen LogP contribution in [0.25, 0.3) is 0 Å². The number of Topliss-reactive ketones (excluding diaryl/α,β-unsaturated/α-hetero) is 1. The van der Waals surface area contributed by atoms with Crippen molar-refractivity contribution < 1.29 is 19.7 Å². The minimum atomic E-state index is -0.729. The monoisotopic (exact) mass is 371 g/mol. The summed E-state index contributed by atoms with van der Waals surface area (Å²) >= 11 is 0. The number of aliphatic hydroxyl groups excluding tert-OH is 2. The molecule has 0 saturated carbocycles. The Balaban J connectivity index is 1.96. The maximum Gasteiger partial charge on any atom is 0.191 e. The summed E-state index contributed by atoms with van der Waals surface area (Å²) in [6.07, 6.45) is -0.306. The third-order valence-corrected chi connectivity index (χ3v) is 4.37. The molecular formula is C22H29NO4. The molecule has 0 aliphatic carbocycles. The average Bonchev–Trinajstić information content (AvgIpc) is 2.70. The van der Waals surface area contributed by atoms with E-state index < -0.39 is 12.2 Å². The standard InChI is InChI=1S/C22H29NO4/c1-17(12-13-24)23-15-20(25)16-27-21(14-18-8-4-2-5-9-18)22(26)19-10-6-3-7-11-19/h2-11,17,20-21,23-25H,12-16H2,1H3. The summed E-state index contributed by atoms with van der Waals surface area (Å²) in [5.74, 6) is -0.0896. The number of hydrogen-bond donors (Lipinski definition) is 3. The number of aliphatic hydroxyl groups is 2. The average molecular weight is 371 g/mol. The fourth-order valence-electron chi connectivity index (χ4n) is 2.76. The Morgan fingerprint density at radius 1 is 1.07 bits per heavy atom. The molecule has 5 nitrogen and oxygen atoms in total. The van der Waals surface area contributed by atoms with Gasteiger partial charge in [-0.1, -0.05) is 60.7 Å². The highest BCUT2D eigenvalue weighted by atomic mass is 16.5. The highest BCUT2D eigenvalue weighted by molar-refractivity contribution is 5.99. The lowest BCUT2D eigenvalue weighted by atomic mass is 10.00. The van der Waals surface area contributed by atoms with Crippen molar-refractivity contribution in [2.45, 2.75) is 38.0 Å². The highest BCUT2D eigenvalue weighted by Crippen LogP contribution is 2.13. The fourth-order valence-corrected chi connectivity index (χ4v) is 2.76. The summed E-state index contributed by atoms with van der Waals surface area (Å²) in [7, 11) is 0. The Hall–Kier alpha value is -2.05. The predicted octanol–water partition coefficient (Wildman–Crippen LogP) is 2.22. The number of rotatable bonds is 12. The highest BCUT2D eigenvalue weighted by Gasteiger charge is 2.22. The van der Waals surface area contributed by atoms with Gasteiger partial charge < -0.3 is 20.3 Å². The van der Waals surface area contributed by atoms with Crippen LogP contribution >= 0.6 is 0 Å². The van der Waals surface area contributed by atoms with Gasteiger partial charge in [0.2, 0.25) is 0 Å². The molecule has 0 heterocycles. The van der Waals surface area contributed by atoms with Crippen LogP contribution in [-0.2, 0) is 11.2 Å². The molecule has 0 amide bonds. The molecule has 3 atom stereocenters. The summed E-state index contributed by atoms with van der Waals surface area (Å²) in [6.45, 7) is 2.46. The van der Waals surface area contributed by atoms with E-state index in [0.717, 1.165) is 5.56 Å². The van der Waals surface area contributed by atoms with Gasteiger partial charge in [-0.2, -0.15) is 0 Å². The fraction of sp³-hybridized carbons (Fsp3) is 0.409. The molecule has 0 bridgehead atoms. The summed E-state index contributed by atoms with van der Waals surface area (Å²) in [6, 6.07) is 18.9. The van der Waals surface area contributed by atoms with Crippen LogP contribution in [0.1, 0.15) is 29.3 Å². The summed E-state index contributed by atoms with van der Waals surface area (Å²) in [5.41, 5.74) is 1.61. The maximum absolute atomic E-state index is 12.9. The Bertz CT molecular complexity index is 663.